The highest BCUT2D eigenvalue weighted by atomic mass is 16.6. The first-order chi connectivity index (χ1) is 10.0. The van der Waals surface area contributed by atoms with Crippen LogP contribution in [0.4, 0.5) is 11.4 Å². The summed E-state index contributed by atoms with van der Waals surface area (Å²) in [7, 11) is 0. The molecule has 1 aromatic carbocycles. The Hall–Kier alpha value is -2.15. The zero-order valence-corrected chi connectivity index (χ0v) is 12.1. The van der Waals surface area contributed by atoms with Crippen molar-refractivity contribution in [3.63, 3.8) is 0 Å². The van der Waals surface area contributed by atoms with E-state index >= 15 is 0 Å². The van der Waals surface area contributed by atoms with Crippen molar-refractivity contribution >= 4 is 17.3 Å². The van der Waals surface area contributed by atoms with Gasteiger partial charge in [-0.3, -0.25) is 14.9 Å². The van der Waals surface area contributed by atoms with E-state index in [0.717, 1.165) is 18.8 Å². The molecule has 0 bridgehead atoms. The van der Waals surface area contributed by atoms with E-state index in [1.807, 2.05) is 11.8 Å². The van der Waals surface area contributed by atoms with Crippen LogP contribution in [0.25, 0.3) is 0 Å². The van der Waals surface area contributed by atoms with Gasteiger partial charge in [-0.25, -0.2) is 0 Å². The predicted molar refractivity (Wildman–Crippen MR) is 80.1 cm³/mol. The van der Waals surface area contributed by atoms with Crippen molar-refractivity contribution in [2.75, 3.05) is 37.6 Å². The Kier molecular flexibility index (Phi) is 4.74. The molecule has 2 rings (SSSR count). The van der Waals surface area contributed by atoms with Gasteiger partial charge < -0.3 is 15.5 Å². The fourth-order valence-corrected chi connectivity index (χ4v) is 2.38. The Bertz CT molecular complexity index is 509. The lowest BCUT2D eigenvalue weighted by Crippen LogP contribution is -2.50. The van der Waals surface area contributed by atoms with Crippen LogP contribution in [0, 0.1) is 16.0 Å². The third-order valence-corrected chi connectivity index (χ3v) is 3.79. The normalized spacial score (nSPS) is 16.7. The van der Waals surface area contributed by atoms with E-state index in [9.17, 15) is 14.9 Å². The number of hydrogen-bond donors (Lipinski definition) is 1. The van der Waals surface area contributed by atoms with Crippen LogP contribution in [0.5, 0.6) is 0 Å². The molecule has 0 aromatic heterocycles. The standard InChI is InChI=1S/C14H20N4O3/c1-11(10-15)14(19)17-8-6-16(7-9-17)12-2-4-13(5-3-12)18(20)21/h2-5,11H,6-10,15H2,1H3. The Morgan fingerprint density at radius 3 is 2.33 bits per heavy atom. The lowest BCUT2D eigenvalue weighted by Gasteiger charge is -2.37. The molecule has 1 amide bonds. The van der Waals surface area contributed by atoms with Crippen LogP contribution in [-0.4, -0.2) is 48.5 Å². The molecule has 7 heteroatoms. The number of amides is 1. The van der Waals surface area contributed by atoms with Gasteiger partial charge in [-0.2, -0.15) is 0 Å². The molecule has 0 spiro atoms. The minimum Gasteiger partial charge on any atom is -0.368 e. The Labute approximate surface area is 123 Å². The average molecular weight is 292 g/mol. The molecule has 1 aliphatic heterocycles. The summed E-state index contributed by atoms with van der Waals surface area (Å²) in [6.45, 7) is 4.95. The minimum atomic E-state index is -0.408. The maximum absolute atomic E-state index is 12.0. The van der Waals surface area contributed by atoms with Crippen LogP contribution in [-0.2, 0) is 4.79 Å². The van der Waals surface area contributed by atoms with Crippen molar-refractivity contribution in [2.45, 2.75) is 6.92 Å². The molecule has 1 aliphatic rings. The van der Waals surface area contributed by atoms with Crippen molar-refractivity contribution < 1.29 is 9.72 Å². The number of nitrogens with two attached hydrogens (primary N) is 1. The molecule has 1 aromatic rings. The topological polar surface area (TPSA) is 92.7 Å². The first kappa shape index (κ1) is 15.2. The number of nitro benzene ring substituents is 1. The SMILES string of the molecule is CC(CN)C(=O)N1CCN(c2ccc([N+](=O)[O-])cc2)CC1. The summed E-state index contributed by atoms with van der Waals surface area (Å²) in [5.41, 5.74) is 6.55. The maximum Gasteiger partial charge on any atom is 0.269 e. The molecule has 0 saturated carbocycles. The monoisotopic (exact) mass is 292 g/mol. The van der Waals surface area contributed by atoms with Crippen LogP contribution in [0.15, 0.2) is 24.3 Å². The number of carbonyl (C=O) groups is 1. The van der Waals surface area contributed by atoms with Crippen molar-refractivity contribution in [3.8, 4) is 0 Å². The third kappa shape index (κ3) is 3.49. The summed E-state index contributed by atoms with van der Waals surface area (Å²) in [5, 5.41) is 10.6. The molecule has 1 saturated heterocycles. The van der Waals surface area contributed by atoms with Gasteiger partial charge in [-0.1, -0.05) is 6.92 Å². The van der Waals surface area contributed by atoms with Crippen LogP contribution in [0.1, 0.15) is 6.92 Å². The summed E-state index contributed by atoms with van der Waals surface area (Å²) >= 11 is 0. The molecule has 0 radical (unpaired) electrons. The van der Waals surface area contributed by atoms with Gasteiger partial charge >= 0.3 is 0 Å². The van der Waals surface area contributed by atoms with Crippen LogP contribution >= 0.6 is 0 Å². The molecule has 1 heterocycles. The van der Waals surface area contributed by atoms with Crippen molar-refractivity contribution in [1.82, 2.24) is 4.90 Å². The highest BCUT2D eigenvalue weighted by molar-refractivity contribution is 5.79. The van der Waals surface area contributed by atoms with Crippen molar-refractivity contribution in [1.29, 1.82) is 0 Å². The van der Waals surface area contributed by atoms with Gasteiger partial charge in [0.05, 0.1) is 4.92 Å². The Morgan fingerprint density at radius 2 is 1.86 bits per heavy atom. The summed E-state index contributed by atoms with van der Waals surface area (Å²) in [4.78, 5) is 26.2. The molecule has 114 valence electrons. The Balaban J connectivity index is 1.94. The van der Waals surface area contributed by atoms with E-state index in [0.29, 0.717) is 19.6 Å². The molecule has 21 heavy (non-hydrogen) atoms. The number of non-ortho nitro benzene ring substituents is 1. The smallest absolute Gasteiger partial charge is 0.269 e. The number of nitro groups is 1. The van der Waals surface area contributed by atoms with E-state index < -0.39 is 4.92 Å². The fourth-order valence-electron chi connectivity index (χ4n) is 2.38. The molecule has 1 unspecified atom stereocenters. The molecule has 2 N–H and O–H groups in total. The second kappa shape index (κ2) is 6.53. The van der Waals surface area contributed by atoms with E-state index in [1.54, 1.807) is 12.1 Å². The summed E-state index contributed by atoms with van der Waals surface area (Å²) in [5.74, 6) is -0.0447. The minimum absolute atomic E-state index is 0.0873. The predicted octanol–water partition coefficient (Wildman–Crippen LogP) is 0.838. The summed E-state index contributed by atoms with van der Waals surface area (Å²) in [6.07, 6.45) is 0. The highest BCUT2D eigenvalue weighted by Gasteiger charge is 2.24. The zero-order chi connectivity index (χ0) is 15.4. The van der Waals surface area contributed by atoms with Gasteiger partial charge in [0.25, 0.3) is 5.69 Å². The molecule has 7 nitrogen and oxygen atoms in total. The number of carbonyl (C=O) groups excluding carboxylic acids is 1. The van der Waals surface area contributed by atoms with Crippen LogP contribution in [0.3, 0.4) is 0 Å². The number of hydrogen-bond acceptors (Lipinski definition) is 5. The number of anilines is 1. The first-order valence-corrected chi connectivity index (χ1v) is 7.01. The average Bonchev–Trinajstić information content (AvgIpc) is 2.53. The largest absolute Gasteiger partial charge is 0.368 e. The second-order valence-corrected chi connectivity index (χ2v) is 5.22. The molecule has 1 fully saturated rings. The van der Waals surface area contributed by atoms with Crippen LogP contribution in [0.2, 0.25) is 0 Å². The second-order valence-electron chi connectivity index (χ2n) is 5.22. The summed E-state index contributed by atoms with van der Waals surface area (Å²) < 4.78 is 0. The van der Waals surface area contributed by atoms with E-state index in [1.165, 1.54) is 12.1 Å². The van der Waals surface area contributed by atoms with Gasteiger partial charge in [0.1, 0.15) is 0 Å². The molecule has 1 atom stereocenters. The molecular formula is C14H20N4O3. The van der Waals surface area contributed by atoms with Gasteiger partial charge in [-0.05, 0) is 12.1 Å². The van der Waals surface area contributed by atoms with Crippen LogP contribution < -0.4 is 10.6 Å². The van der Waals surface area contributed by atoms with E-state index in [2.05, 4.69) is 4.90 Å². The fraction of sp³-hybridized carbons (Fsp3) is 0.500. The third-order valence-electron chi connectivity index (χ3n) is 3.79. The van der Waals surface area contributed by atoms with Crippen molar-refractivity contribution in [3.05, 3.63) is 34.4 Å². The Morgan fingerprint density at radius 1 is 1.29 bits per heavy atom. The number of rotatable bonds is 4. The van der Waals surface area contributed by atoms with Crippen molar-refractivity contribution in [2.24, 2.45) is 11.7 Å². The molecule has 0 aliphatic carbocycles. The maximum atomic E-state index is 12.0. The van der Waals surface area contributed by atoms with E-state index in [-0.39, 0.29) is 17.5 Å². The zero-order valence-electron chi connectivity index (χ0n) is 12.1. The number of benzene rings is 1. The first-order valence-electron chi connectivity index (χ1n) is 7.01. The lowest BCUT2D eigenvalue weighted by atomic mass is 10.1. The lowest BCUT2D eigenvalue weighted by molar-refractivity contribution is -0.384. The van der Waals surface area contributed by atoms with Gasteiger partial charge in [0.2, 0.25) is 5.91 Å². The van der Waals surface area contributed by atoms with Gasteiger partial charge in [-0.15, -0.1) is 0 Å². The van der Waals surface area contributed by atoms with Gasteiger partial charge in [0, 0.05) is 56.5 Å². The van der Waals surface area contributed by atoms with Gasteiger partial charge in [0.15, 0.2) is 0 Å². The molecular weight excluding hydrogens is 272 g/mol. The highest BCUT2D eigenvalue weighted by Crippen LogP contribution is 2.21. The quantitative estimate of drug-likeness (QED) is 0.655. The van der Waals surface area contributed by atoms with E-state index in [4.69, 9.17) is 5.73 Å². The number of piperazine rings is 1. The number of nitrogens with zero attached hydrogens (tertiary/aromatic N) is 3. The summed E-state index contributed by atoms with van der Waals surface area (Å²) in [6, 6.07) is 6.50.